The third kappa shape index (κ3) is 38.2. The van der Waals surface area contributed by atoms with E-state index in [1.165, 1.54) is 60.5 Å². The molecule has 5 N–H and O–H groups in total. The number of carbonyl (C=O) groups excluding carboxylic acids is 2. The zero-order chi connectivity index (χ0) is 110. The Bertz CT molecular complexity index is 6130. The SMILES string of the molecule is CC(=O)Nc1cccc(C(C)(C)C)c1C1CCCNC1.CC(C)(C)c1cccc(-c2cnc[nH]2)c1.CC(C)(C)c1cccc(-n2ccnc2)c1.CC(C)(C)c1cccc(C(=O)NCCCCCO)c1.CC1CCCCN1S(=O)(=O)c1ccccc1C(C)(C)C.CC1CN(C)CCN1S(=O)(=O)c1ccccc1C(C)(C)C.CCCCN(C)S(=O)(=O)c1ccccc1C(C)(C)C.CCCN(C)S(=O)(=O)c1ccccc1C(C)(C)C. The molecule has 0 spiro atoms. The normalized spacial score (nSPS) is 16.0. The Balaban J connectivity index is 0.000000257. The van der Waals surface area contributed by atoms with Gasteiger partial charge in [-0.3, -0.25) is 9.59 Å². The molecule has 3 saturated heterocycles. The third-order valence-corrected chi connectivity index (χ3v) is 34.3. The molecule has 8 aromatic carbocycles. The molecule has 13 rings (SSSR count). The van der Waals surface area contributed by atoms with Gasteiger partial charge in [0.25, 0.3) is 5.91 Å². The molecule has 2 aromatic heterocycles. The van der Waals surface area contributed by atoms with Gasteiger partial charge in [0, 0.05) is 121 Å². The van der Waals surface area contributed by atoms with E-state index >= 15 is 0 Å². The molecule has 0 radical (unpaired) electrons. The Hall–Kier alpha value is -9.36. The molecular formula is C120H182N12O11S4. The number of unbranched alkanes of at least 4 members (excludes halogenated alkanes) is 3. The lowest BCUT2D eigenvalue weighted by atomic mass is 9.77. The maximum atomic E-state index is 13.1. The number of nitrogens with zero attached hydrogens (tertiary/aromatic N) is 8. The maximum absolute atomic E-state index is 13.1. The van der Waals surface area contributed by atoms with Gasteiger partial charge in [0.15, 0.2) is 0 Å². The van der Waals surface area contributed by atoms with Gasteiger partial charge in [0.2, 0.25) is 46.0 Å². The van der Waals surface area contributed by atoms with E-state index in [1.54, 1.807) is 78.6 Å². The van der Waals surface area contributed by atoms with Crippen molar-refractivity contribution in [3.05, 3.63) is 275 Å². The van der Waals surface area contributed by atoms with E-state index < -0.39 is 40.1 Å². The van der Waals surface area contributed by atoms with Crippen LogP contribution in [0.25, 0.3) is 16.9 Å². The van der Waals surface area contributed by atoms with Crippen LogP contribution in [0.3, 0.4) is 0 Å². The molecule has 2 amide bonds. The van der Waals surface area contributed by atoms with Crippen LogP contribution < -0.4 is 16.0 Å². The summed E-state index contributed by atoms with van der Waals surface area (Å²) in [6, 6.07) is 60.7. The first-order chi connectivity index (χ1) is 68.3. The fraction of sp³-hybridized carbons (Fsp3) is 0.533. The van der Waals surface area contributed by atoms with Crippen LogP contribution in [-0.4, -0.2) is 191 Å². The van der Waals surface area contributed by atoms with Gasteiger partial charge in [-0.25, -0.2) is 52.2 Å². The van der Waals surface area contributed by atoms with Crippen molar-refractivity contribution in [1.82, 2.24) is 52.3 Å². The van der Waals surface area contributed by atoms with Gasteiger partial charge in [-0.1, -0.05) is 320 Å². The van der Waals surface area contributed by atoms with E-state index in [0.717, 1.165) is 123 Å². The summed E-state index contributed by atoms with van der Waals surface area (Å²) in [6.07, 6.45) is 19.9. The standard InChI is InChI=1S/C17H26N2O.C16H26N2O2S.C16H25NO2S.C16H25NO2.C15H25NO2S.C14H23NO2S.2C13H16N2/c1-12(20)19-15-9-5-8-14(17(2,3)4)16(15)13-7-6-10-18-11-13;1-13-12-17(5)10-11-18(13)21(19,20)15-9-7-6-8-14(15)16(2,3)4;1-13-9-7-8-12-17(13)20(18,19)15-11-6-5-10-14(15)16(2,3)4;1-16(2,3)14-9-7-8-13(12-14)15(19)17-10-5-4-6-11-18;1-6-7-12-16(5)19(17,18)14-11-9-8-10-13(14)15(2,3)4;1-6-11-15(5)18(16,17)13-10-8-7-9-12(13)14(2,3)4;1-13(2,3)11-6-4-5-10(7-11)12-8-14-9-15-12;1-13(2,3)11-5-4-6-12(9-11)15-8-7-14-10-15/h5,8-9,13,18H,6-7,10-11H2,1-4H3,(H,19,20);6-9,13H,10-12H2,1-5H3;5-6,10-11,13H,7-9,12H2,1-4H3;7-9,12,18H,4-6,10-11H2,1-3H3,(H,17,19);8-11H,6-7,12H2,1-5H3;7-10H,6,11H2,1-5H3;4-9H,1-3H3,(H,14,15);4-10H,1-3H3. The molecule has 5 heterocycles. The van der Waals surface area contributed by atoms with Crippen LogP contribution >= 0.6 is 0 Å². The predicted octanol–water partition coefficient (Wildman–Crippen LogP) is 25.1. The first-order valence-corrected chi connectivity index (χ1v) is 58.4. The Morgan fingerprint density at radius 3 is 1.37 bits per heavy atom. The van der Waals surface area contributed by atoms with Crippen molar-refractivity contribution < 1.29 is 48.4 Å². The first kappa shape index (κ1) is 126. The zero-order valence-corrected chi connectivity index (χ0v) is 98.4. The van der Waals surface area contributed by atoms with Crippen LogP contribution in [0.2, 0.25) is 0 Å². The number of aromatic nitrogens is 4. The molecule has 3 aliphatic heterocycles. The minimum atomic E-state index is -3.44. The smallest absolute Gasteiger partial charge is 0.251 e. The fourth-order valence-corrected chi connectivity index (χ4v) is 25.1. The average Bonchev–Trinajstić information content (AvgIpc) is 1.30. The molecule has 0 saturated carbocycles. The molecule has 3 fully saturated rings. The highest BCUT2D eigenvalue weighted by Gasteiger charge is 2.39. The second-order valence-electron chi connectivity index (χ2n) is 47.4. The summed E-state index contributed by atoms with van der Waals surface area (Å²) in [5.41, 5.74) is 15.0. The number of aliphatic hydroxyl groups excluding tert-OH is 1. The largest absolute Gasteiger partial charge is 0.396 e. The second kappa shape index (κ2) is 55.6. The Morgan fingerprint density at radius 1 is 0.469 bits per heavy atom. The molecule has 10 aromatic rings. The average molecular weight is 2100 g/mol. The number of hydrogen-bond donors (Lipinski definition) is 5. The van der Waals surface area contributed by atoms with Gasteiger partial charge in [0.05, 0.1) is 44.1 Å². The number of carbonyl (C=O) groups is 2. The number of rotatable bonds is 23. The van der Waals surface area contributed by atoms with E-state index in [2.05, 4.69) is 228 Å². The molecule has 3 aliphatic rings. The summed E-state index contributed by atoms with van der Waals surface area (Å²) < 4.78 is 111. The fourth-order valence-electron chi connectivity index (χ4n) is 17.7. The van der Waals surface area contributed by atoms with Crippen molar-refractivity contribution in [2.24, 2.45) is 0 Å². The number of piperidine rings is 2. The van der Waals surface area contributed by atoms with E-state index in [-0.39, 0.29) is 73.8 Å². The van der Waals surface area contributed by atoms with Crippen molar-refractivity contribution in [2.75, 3.05) is 92.0 Å². The van der Waals surface area contributed by atoms with Gasteiger partial charge in [-0.05, 0) is 251 Å². The number of aliphatic hydroxyl groups is 1. The monoisotopic (exact) mass is 2100 g/mol. The molecular weight excluding hydrogens is 1910 g/mol. The Kier molecular flexibility index (Phi) is 47.8. The van der Waals surface area contributed by atoms with Crippen LogP contribution in [0.1, 0.15) is 338 Å². The minimum Gasteiger partial charge on any atom is -0.396 e. The molecule has 23 nitrogen and oxygen atoms in total. The first-order valence-electron chi connectivity index (χ1n) is 52.6. The number of sulfonamides is 4. The number of aromatic amines is 1. The highest BCUT2D eigenvalue weighted by molar-refractivity contribution is 7.90. The third-order valence-electron chi connectivity index (χ3n) is 26.3. The predicted molar refractivity (Wildman–Crippen MR) is 611 cm³/mol. The van der Waals surface area contributed by atoms with E-state index in [9.17, 15) is 43.3 Å². The van der Waals surface area contributed by atoms with Crippen molar-refractivity contribution in [1.29, 1.82) is 0 Å². The van der Waals surface area contributed by atoms with Gasteiger partial charge < -0.3 is 35.5 Å². The lowest BCUT2D eigenvalue weighted by molar-refractivity contribution is -0.114. The number of imidazole rings is 2. The number of nitrogens with one attached hydrogen (secondary N) is 4. The van der Waals surface area contributed by atoms with Gasteiger partial charge in [-0.15, -0.1) is 0 Å². The van der Waals surface area contributed by atoms with Crippen molar-refractivity contribution in [3.8, 4) is 16.9 Å². The van der Waals surface area contributed by atoms with E-state index in [1.807, 2.05) is 184 Å². The van der Waals surface area contributed by atoms with Crippen LogP contribution in [0.4, 0.5) is 5.69 Å². The summed E-state index contributed by atoms with van der Waals surface area (Å²) in [7, 11) is -8.28. The topological polar surface area (TPSA) is 290 Å². The Morgan fingerprint density at radius 2 is 0.932 bits per heavy atom. The number of piperazine rings is 1. The maximum Gasteiger partial charge on any atom is 0.251 e. The second-order valence-corrected chi connectivity index (χ2v) is 55.1. The van der Waals surface area contributed by atoms with E-state index in [4.69, 9.17) is 5.11 Å². The molecule has 0 aliphatic carbocycles. The number of likely N-dealkylation sites (N-methyl/N-ethyl adjacent to an activating group) is 1. The van der Waals surface area contributed by atoms with E-state index in [0.29, 0.717) is 58.2 Å². The summed E-state index contributed by atoms with van der Waals surface area (Å²) in [4.78, 5) is 38.6. The van der Waals surface area contributed by atoms with Crippen LogP contribution in [0.15, 0.2) is 239 Å². The summed E-state index contributed by atoms with van der Waals surface area (Å²) in [5, 5.41) is 18.1. The molecule has 147 heavy (non-hydrogen) atoms. The molecule has 3 unspecified atom stereocenters. The van der Waals surface area contributed by atoms with Crippen molar-refractivity contribution in [3.63, 3.8) is 0 Å². The molecule has 3 atom stereocenters. The van der Waals surface area contributed by atoms with Gasteiger partial charge in [-0.2, -0.15) is 8.61 Å². The van der Waals surface area contributed by atoms with Gasteiger partial charge in [0.1, 0.15) is 0 Å². The summed E-state index contributed by atoms with van der Waals surface area (Å²) >= 11 is 0. The van der Waals surface area contributed by atoms with Crippen LogP contribution in [-0.2, 0) is 88.2 Å². The van der Waals surface area contributed by atoms with Gasteiger partial charge >= 0.3 is 0 Å². The quantitative estimate of drug-likeness (QED) is 0.0372. The van der Waals surface area contributed by atoms with Crippen molar-refractivity contribution in [2.45, 2.75) is 352 Å². The summed E-state index contributed by atoms with van der Waals surface area (Å²) in [5.74, 6) is 0.470. The number of hydrogen-bond acceptors (Lipinski definition) is 15. The molecule has 27 heteroatoms. The minimum absolute atomic E-state index is 0.000998. The lowest BCUT2D eigenvalue weighted by Crippen LogP contribution is -2.52. The number of H-pyrrole nitrogens is 1. The summed E-state index contributed by atoms with van der Waals surface area (Å²) in [6.45, 7) is 67.4. The zero-order valence-electron chi connectivity index (χ0n) is 95.1. The number of amides is 2. The van der Waals surface area contributed by atoms with Crippen molar-refractivity contribution >= 4 is 57.6 Å². The van der Waals surface area contributed by atoms with Crippen LogP contribution in [0, 0.1) is 0 Å². The molecule has 0 bridgehead atoms. The number of benzene rings is 8. The highest BCUT2D eigenvalue weighted by atomic mass is 32.2. The van der Waals surface area contributed by atoms with Crippen LogP contribution in [0.5, 0.6) is 0 Å². The lowest BCUT2D eigenvalue weighted by Gasteiger charge is -2.38. The molecule has 812 valence electrons. The number of anilines is 1. The Labute approximate surface area is 888 Å². The highest BCUT2D eigenvalue weighted by Crippen LogP contribution is 2.41.